The molecule has 1 aromatic rings. The summed E-state index contributed by atoms with van der Waals surface area (Å²) in [6.07, 6.45) is 11.8. The molecule has 3 rings (SSSR count). The summed E-state index contributed by atoms with van der Waals surface area (Å²) >= 11 is 0. The van der Waals surface area contributed by atoms with Gasteiger partial charge < -0.3 is 19.9 Å². The van der Waals surface area contributed by atoms with Crippen LogP contribution in [0.3, 0.4) is 0 Å². The molecular formula is C33H55N3O3. The second-order valence-corrected chi connectivity index (χ2v) is 12.2. The number of benzene rings is 1. The van der Waals surface area contributed by atoms with E-state index >= 15 is 0 Å². The number of hydrogen-bond acceptors (Lipinski definition) is 4. The number of amides is 2. The topological polar surface area (TPSA) is 69.7 Å². The maximum atomic E-state index is 13.0. The fourth-order valence-corrected chi connectivity index (χ4v) is 6.09. The number of hydrogen-bond donors (Lipinski definition) is 1. The number of nitrogens with zero attached hydrogens (tertiary/aromatic N) is 2. The van der Waals surface area contributed by atoms with Crippen molar-refractivity contribution in [2.24, 2.45) is 17.3 Å². The lowest BCUT2D eigenvalue weighted by Crippen LogP contribution is -2.56. The highest BCUT2D eigenvalue weighted by Crippen LogP contribution is 2.43. The molecule has 2 aliphatic heterocycles. The molecule has 1 N–H and O–H groups in total. The van der Waals surface area contributed by atoms with Crippen molar-refractivity contribution in [3.05, 3.63) is 29.3 Å². The van der Waals surface area contributed by atoms with Crippen molar-refractivity contribution in [2.45, 2.75) is 118 Å². The predicted molar refractivity (Wildman–Crippen MR) is 162 cm³/mol. The molecule has 0 saturated carbocycles. The van der Waals surface area contributed by atoms with Crippen LogP contribution in [-0.2, 0) is 16.1 Å². The van der Waals surface area contributed by atoms with Crippen LogP contribution in [0.4, 0.5) is 5.69 Å². The Labute approximate surface area is 238 Å². The van der Waals surface area contributed by atoms with Crippen LogP contribution in [0.5, 0.6) is 0 Å². The van der Waals surface area contributed by atoms with Gasteiger partial charge in [-0.05, 0) is 48.8 Å². The smallest absolute Gasteiger partial charge is 0.255 e. The van der Waals surface area contributed by atoms with E-state index in [-0.39, 0.29) is 18.2 Å². The first kappa shape index (κ1) is 32.8. The molecule has 0 radical (unpaired) electrons. The second-order valence-electron chi connectivity index (χ2n) is 12.2. The van der Waals surface area contributed by atoms with E-state index < -0.39 is 6.04 Å². The van der Waals surface area contributed by atoms with Gasteiger partial charge in [0.2, 0.25) is 5.91 Å². The van der Waals surface area contributed by atoms with Gasteiger partial charge in [-0.25, -0.2) is 0 Å². The number of nitrogens with one attached hydrogen (secondary N) is 1. The maximum absolute atomic E-state index is 13.0. The van der Waals surface area contributed by atoms with Gasteiger partial charge in [-0.2, -0.15) is 0 Å². The van der Waals surface area contributed by atoms with Crippen LogP contribution < -0.4 is 10.2 Å². The van der Waals surface area contributed by atoms with Crippen molar-refractivity contribution >= 4 is 23.8 Å². The van der Waals surface area contributed by atoms with Gasteiger partial charge >= 0.3 is 0 Å². The third-order valence-corrected chi connectivity index (χ3v) is 8.73. The summed E-state index contributed by atoms with van der Waals surface area (Å²) in [5, 5.41) is 2.56. The Hall–Kier alpha value is -2.37. The van der Waals surface area contributed by atoms with Crippen molar-refractivity contribution in [3.8, 4) is 0 Å². The Morgan fingerprint density at radius 3 is 2.23 bits per heavy atom. The van der Waals surface area contributed by atoms with Crippen molar-refractivity contribution in [3.63, 3.8) is 0 Å². The zero-order chi connectivity index (χ0) is 29.0. The van der Waals surface area contributed by atoms with Crippen LogP contribution in [0.15, 0.2) is 18.2 Å². The van der Waals surface area contributed by atoms with Crippen LogP contribution >= 0.6 is 0 Å². The van der Waals surface area contributed by atoms with Gasteiger partial charge in [0.1, 0.15) is 6.29 Å². The Balaban J connectivity index is 0.000000580. The Morgan fingerprint density at radius 1 is 1.03 bits per heavy atom. The monoisotopic (exact) mass is 541 g/mol. The van der Waals surface area contributed by atoms with Gasteiger partial charge in [0.05, 0.1) is 6.04 Å². The van der Waals surface area contributed by atoms with E-state index in [1.807, 2.05) is 12.1 Å². The van der Waals surface area contributed by atoms with E-state index in [1.54, 1.807) is 11.9 Å². The number of aldehydes is 1. The minimum absolute atomic E-state index is 0.106. The summed E-state index contributed by atoms with van der Waals surface area (Å²) in [6, 6.07) is 5.56. The zero-order valence-electron chi connectivity index (χ0n) is 25.9. The van der Waals surface area contributed by atoms with E-state index in [4.69, 9.17) is 0 Å². The minimum atomic E-state index is -0.571. The third kappa shape index (κ3) is 9.08. The quantitative estimate of drug-likeness (QED) is 0.243. The SMILES string of the molecule is CCCC(CC)CC.CCCC1(CCC(C)C)CN(c2ccc3c(c2)C(=O)N(C(C=O)CCC(=O)NC)C3)C1. The van der Waals surface area contributed by atoms with Crippen LogP contribution in [0.25, 0.3) is 0 Å². The zero-order valence-corrected chi connectivity index (χ0v) is 25.9. The third-order valence-electron chi connectivity index (χ3n) is 8.73. The molecule has 1 atom stereocenters. The Morgan fingerprint density at radius 2 is 1.72 bits per heavy atom. The average molecular weight is 542 g/mol. The van der Waals surface area contributed by atoms with E-state index in [2.05, 4.69) is 57.8 Å². The summed E-state index contributed by atoms with van der Waals surface area (Å²) in [5.41, 5.74) is 3.15. The summed E-state index contributed by atoms with van der Waals surface area (Å²) in [6.45, 7) is 16.2. The fourth-order valence-electron chi connectivity index (χ4n) is 6.09. The molecule has 1 saturated heterocycles. The lowest BCUT2D eigenvalue weighted by molar-refractivity contribution is -0.121. The molecule has 0 aromatic heterocycles. The highest BCUT2D eigenvalue weighted by atomic mass is 16.2. The number of rotatable bonds is 15. The molecule has 1 unspecified atom stereocenters. The fraction of sp³-hybridized carbons (Fsp3) is 0.727. The lowest BCUT2D eigenvalue weighted by atomic mass is 9.71. The maximum Gasteiger partial charge on any atom is 0.255 e. The molecule has 1 fully saturated rings. The van der Waals surface area contributed by atoms with E-state index in [9.17, 15) is 14.4 Å². The summed E-state index contributed by atoms with van der Waals surface area (Å²) < 4.78 is 0. The largest absolute Gasteiger partial charge is 0.370 e. The molecule has 220 valence electrons. The van der Waals surface area contributed by atoms with Crippen LogP contribution in [0, 0.1) is 17.3 Å². The molecule has 0 aliphatic carbocycles. The molecule has 2 heterocycles. The molecule has 0 bridgehead atoms. The molecule has 6 nitrogen and oxygen atoms in total. The van der Waals surface area contributed by atoms with Crippen LogP contribution in [-0.4, -0.2) is 49.2 Å². The molecule has 6 heteroatoms. The van der Waals surface area contributed by atoms with Crippen molar-refractivity contribution < 1.29 is 14.4 Å². The van der Waals surface area contributed by atoms with Crippen LogP contribution in [0.2, 0.25) is 0 Å². The first-order chi connectivity index (χ1) is 18.7. The van der Waals surface area contributed by atoms with Gasteiger partial charge in [-0.1, -0.05) is 86.1 Å². The molecule has 1 aromatic carbocycles. The Bertz CT molecular complexity index is 919. The number of carbonyl (C=O) groups excluding carboxylic acids is 3. The Kier molecular flexibility index (Phi) is 13.5. The summed E-state index contributed by atoms with van der Waals surface area (Å²) in [4.78, 5) is 40.2. The van der Waals surface area contributed by atoms with Gasteiger partial charge in [0.25, 0.3) is 5.91 Å². The first-order valence-corrected chi connectivity index (χ1v) is 15.5. The molecular weight excluding hydrogens is 486 g/mol. The highest BCUT2D eigenvalue weighted by Gasteiger charge is 2.42. The van der Waals surface area contributed by atoms with Crippen molar-refractivity contribution in [2.75, 3.05) is 25.0 Å². The first-order valence-electron chi connectivity index (χ1n) is 15.5. The molecule has 0 spiro atoms. The van der Waals surface area contributed by atoms with E-state index in [0.717, 1.165) is 42.5 Å². The summed E-state index contributed by atoms with van der Waals surface area (Å²) in [5.74, 6) is 1.50. The van der Waals surface area contributed by atoms with Crippen LogP contribution in [0.1, 0.15) is 122 Å². The molecule has 39 heavy (non-hydrogen) atoms. The normalized spacial score (nSPS) is 16.5. The highest BCUT2D eigenvalue weighted by molar-refractivity contribution is 6.00. The summed E-state index contributed by atoms with van der Waals surface area (Å²) in [7, 11) is 1.57. The standard InChI is InChI=1S/C25H37N3O3.C8H18/c1-5-11-25(12-10-18(2)3)16-27(17-25)20-7-6-19-14-28(24(31)22(19)13-20)21(15-29)8-9-23(30)26-4;1-4-7-8(5-2)6-3/h6-7,13,15,18,21H,5,8-12,14,16-17H2,1-4H3,(H,26,30);8H,4-7H2,1-3H3. The lowest BCUT2D eigenvalue weighted by Gasteiger charge is -2.52. The van der Waals surface area contributed by atoms with Gasteiger partial charge in [-0.15, -0.1) is 0 Å². The van der Waals surface area contributed by atoms with Crippen molar-refractivity contribution in [1.29, 1.82) is 0 Å². The van der Waals surface area contributed by atoms with Gasteiger partial charge in [0, 0.05) is 49.8 Å². The molecule has 2 aliphatic rings. The van der Waals surface area contributed by atoms with Crippen molar-refractivity contribution in [1.82, 2.24) is 10.2 Å². The minimum Gasteiger partial charge on any atom is -0.370 e. The molecule has 2 amide bonds. The van der Waals surface area contributed by atoms with E-state index in [1.165, 1.54) is 51.4 Å². The number of carbonyl (C=O) groups is 3. The second kappa shape index (κ2) is 16.0. The number of fused-ring (bicyclic) bond motifs is 1. The predicted octanol–water partition coefficient (Wildman–Crippen LogP) is 7.00. The average Bonchev–Trinajstić information content (AvgIpc) is 3.24. The van der Waals surface area contributed by atoms with E-state index in [0.29, 0.717) is 23.9 Å². The van der Waals surface area contributed by atoms with Gasteiger partial charge in [0.15, 0.2) is 0 Å². The number of anilines is 1. The van der Waals surface area contributed by atoms with Gasteiger partial charge in [-0.3, -0.25) is 9.59 Å².